The molecule has 14 nitrogen and oxygen atoms in total. The number of allylic oxidation sites excluding steroid dienone is 2. The summed E-state index contributed by atoms with van der Waals surface area (Å²) in [6.07, 6.45) is 5.54. The van der Waals surface area contributed by atoms with E-state index >= 15 is 0 Å². The summed E-state index contributed by atoms with van der Waals surface area (Å²) in [5, 5.41) is 40.5. The van der Waals surface area contributed by atoms with Crippen LogP contribution < -0.4 is 0 Å². The largest absolute Gasteiger partial charge is 0.463 e. The van der Waals surface area contributed by atoms with Crippen molar-refractivity contribution in [1.82, 2.24) is 0 Å². The average molecular weight is 653 g/mol. The Morgan fingerprint density at radius 2 is 1.57 bits per heavy atom. The number of hydrogen-bond acceptors (Lipinski definition) is 12. The van der Waals surface area contributed by atoms with Crippen molar-refractivity contribution < 1.29 is 49.1 Å². The van der Waals surface area contributed by atoms with E-state index in [0.717, 1.165) is 5.56 Å². The van der Waals surface area contributed by atoms with E-state index in [1.807, 2.05) is 56.3 Å². The Balaban J connectivity index is 1.93. The molecule has 1 aromatic rings. The van der Waals surface area contributed by atoms with Gasteiger partial charge in [-0.15, -0.1) is 20.2 Å². The number of unbranched alkanes of at least 4 members (excludes halogenated alkanes) is 1. The summed E-state index contributed by atoms with van der Waals surface area (Å²) >= 11 is 0. The van der Waals surface area contributed by atoms with Gasteiger partial charge in [-0.1, -0.05) is 42.5 Å². The van der Waals surface area contributed by atoms with E-state index in [-0.39, 0.29) is 49.6 Å². The van der Waals surface area contributed by atoms with Gasteiger partial charge in [-0.3, -0.25) is 9.59 Å². The van der Waals surface area contributed by atoms with E-state index in [2.05, 4.69) is 9.68 Å². The summed E-state index contributed by atoms with van der Waals surface area (Å²) in [5.41, 5.74) is 1.07. The van der Waals surface area contributed by atoms with Gasteiger partial charge < -0.3 is 29.4 Å². The maximum absolute atomic E-state index is 12.8. The predicted molar refractivity (Wildman–Crippen MR) is 165 cm³/mol. The highest BCUT2D eigenvalue weighted by atomic mass is 17.0. The number of carbonyl (C=O) groups excluding carboxylic acids is 2. The molecule has 1 aliphatic carbocycles. The lowest BCUT2D eigenvalue weighted by atomic mass is 9.85. The zero-order valence-electron chi connectivity index (χ0n) is 26.6. The van der Waals surface area contributed by atoms with E-state index in [9.17, 15) is 40.0 Å². The van der Waals surface area contributed by atoms with E-state index < -0.39 is 47.2 Å². The first-order valence-corrected chi connectivity index (χ1v) is 16.0. The molecule has 0 aliphatic heterocycles. The molecule has 258 valence electrons. The molecule has 0 aromatic heterocycles. The second-order valence-corrected chi connectivity index (χ2v) is 11.9. The van der Waals surface area contributed by atoms with Crippen LogP contribution in [0.15, 0.2) is 42.5 Å². The van der Waals surface area contributed by atoms with Crippen molar-refractivity contribution >= 4 is 11.9 Å². The first-order chi connectivity index (χ1) is 21.9. The fraction of sp³-hybridized carbons (Fsp3) is 0.688. The number of esters is 2. The average Bonchev–Trinajstić information content (AvgIpc) is 3.25. The molecule has 1 saturated carbocycles. The Kier molecular flexibility index (Phi) is 17.6. The van der Waals surface area contributed by atoms with Crippen LogP contribution in [0.5, 0.6) is 0 Å². The summed E-state index contributed by atoms with van der Waals surface area (Å²) < 4.78 is 11.0. The number of carbonyl (C=O) groups is 2. The Morgan fingerprint density at radius 1 is 0.891 bits per heavy atom. The molecule has 46 heavy (non-hydrogen) atoms. The molecule has 0 spiro atoms. The van der Waals surface area contributed by atoms with E-state index in [0.29, 0.717) is 51.4 Å². The zero-order chi connectivity index (χ0) is 33.9. The van der Waals surface area contributed by atoms with Crippen LogP contribution >= 0.6 is 0 Å². The van der Waals surface area contributed by atoms with Crippen molar-refractivity contribution in [1.29, 1.82) is 0 Å². The fourth-order valence-corrected chi connectivity index (χ4v) is 5.73. The van der Waals surface area contributed by atoms with E-state index in [1.165, 1.54) is 0 Å². The maximum Gasteiger partial charge on any atom is 0.306 e. The standard InChI is InChI=1S/C32H48N2O12/c1-23(2)44-31(37)15-9-4-3-8-14-27-28(30(36)21-29(27)35)20-19-25(18-17-24-11-6-5-7-12-24)45-32(38)16-10-13-26(46-34(41)42)22-43-33(39)40/h3,5-8,11-12,23,25-30,35-36H,4,9-10,13-22H2,1-2H3/b8-3-/t25-,26?,27+,28+,29-,30+/m0/s1. The van der Waals surface area contributed by atoms with Gasteiger partial charge in [-0.05, 0) is 95.5 Å². The van der Waals surface area contributed by atoms with Crippen LogP contribution in [0.3, 0.4) is 0 Å². The van der Waals surface area contributed by atoms with Crippen LogP contribution in [-0.4, -0.2) is 69.5 Å². The Bertz CT molecular complexity index is 1100. The minimum absolute atomic E-state index is 0.0258. The van der Waals surface area contributed by atoms with E-state index in [4.69, 9.17) is 9.47 Å². The molecule has 0 bridgehead atoms. The normalized spacial score (nSPS) is 20.7. The number of aliphatic hydroxyl groups is 2. The van der Waals surface area contributed by atoms with Crippen LogP contribution in [0.25, 0.3) is 0 Å². The fourth-order valence-electron chi connectivity index (χ4n) is 5.73. The van der Waals surface area contributed by atoms with Crippen LogP contribution in [0.1, 0.15) is 90.0 Å². The van der Waals surface area contributed by atoms with Crippen molar-refractivity contribution in [3.63, 3.8) is 0 Å². The summed E-state index contributed by atoms with van der Waals surface area (Å²) in [4.78, 5) is 54.2. The van der Waals surface area contributed by atoms with Crippen molar-refractivity contribution in [2.45, 2.75) is 121 Å². The molecule has 2 rings (SSSR count). The lowest BCUT2D eigenvalue weighted by Crippen LogP contribution is -2.26. The van der Waals surface area contributed by atoms with Gasteiger partial charge in [0, 0.05) is 12.8 Å². The minimum atomic E-state index is -1.20. The molecular formula is C32H48N2O12. The van der Waals surface area contributed by atoms with Gasteiger partial charge >= 0.3 is 11.9 Å². The predicted octanol–water partition coefficient (Wildman–Crippen LogP) is 4.69. The number of rotatable bonds is 23. The summed E-state index contributed by atoms with van der Waals surface area (Å²) in [6, 6.07) is 9.72. The number of nitrogens with zero attached hydrogens (tertiary/aromatic N) is 2. The molecule has 0 radical (unpaired) electrons. The van der Waals surface area contributed by atoms with Crippen LogP contribution in [0.4, 0.5) is 0 Å². The number of aliphatic hydroxyl groups excluding tert-OH is 2. The van der Waals surface area contributed by atoms with Gasteiger partial charge in [-0.25, -0.2) is 0 Å². The molecule has 14 heteroatoms. The topological polar surface area (TPSA) is 198 Å². The summed E-state index contributed by atoms with van der Waals surface area (Å²) in [6.45, 7) is 2.98. The number of ether oxygens (including phenoxy) is 2. The Morgan fingerprint density at radius 3 is 2.24 bits per heavy atom. The SMILES string of the molecule is CC(C)OC(=O)CCC/C=C\C[C@@H]1[C@@H](CC[C@H](CCc2ccccc2)OC(=O)CCCC(CO[N+](=O)[O-])O[N+](=O)[O-])[C@H](O)C[C@@H]1O. The third-order valence-electron chi connectivity index (χ3n) is 7.94. The van der Waals surface area contributed by atoms with Gasteiger partial charge in [0.1, 0.15) is 18.8 Å². The number of hydrogen-bond donors (Lipinski definition) is 2. The second-order valence-electron chi connectivity index (χ2n) is 11.9. The van der Waals surface area contributed by atoms with Gasteiger partial charge in [-0.2, -0.15) is 0 Å². The third kappa shape index (κ3) is 16.0. The molecule has 1 aromatic carbocycles. The van der Waals surface area contributed by atoms with Crippen molar-refractivity contribution in [2.24, 2.45) is 11.8 Å². The van der Waals surface area contributed by atoms with Gasteiger partial charge in [0.2, 0.25) is 0 Å². The highest BCUT2D eigenvalue weighted by Crippen LogP contribution is 2.39. The lowest BCUT2D eigenvalue weighted by Gasteiger charge is -2.25. The smallest absolute Gasteiger partial charge is 0.306 e. The number of benzene rings is 1. The third-order valence-corrected chi connectivity index (χ3v) is 7.94. The van der Waals surface area contributed by atoms with Crippen LogP contribution in [-0.2, 0) is 35.2 Å². The molecule has 0 amide bonds. The Hall–Kier alpha value is -3.78. The molecule has 1 unspecified atom stereocenters. The molecule has 6 atom stereocenters. The van der Waals surface area contributed by atoms with Gasteiger partial charge in [0.05, 0.1) is 18.3 Å². The molecule has 1 fully saturated rings. The molecule has 1 aliphatic rings. The highest BCUT2D eigenvalue weighted by molar-refractivity contribution is 5.69. The Labute approximate surface area is 269 Å². The van der Waals surface area contributed by atoms with Crippen LogP contribution in [0, 0.1) is 32.1 Å². The van der Waals surface area contributed by atoms with Crippen molar-refractivity contribution in [3.8, 4) is 0 Å². The monoisotopic (exact) mass is 652 g/mol. The van der Waals surface area contributed by atoms with Crippen molar-refractivity contribution in [3.05, 3.63) is 68.3 Å². The van der Waals surface area contributed by atoms with Gasteiger partial charge in [0.15, 0.2) is 0 Å². The summed E-state index contributed by atoms with van der Waals surface area (Å²) in [7, 11) is 0. The number of aryl methyl sites for hydroxylation is 1. The molecular weight excluding hydrogens is 604 g/mol. The minimum Gasteiger partial charge on any atom is -0.463 e. The molecule has 0 heterocycles. The first-order valence-electron chi connectivity index (χ1n) is 16.0. The van der Waals surface area contributed by atoms with E-state index in [1.54, 1.807) is 0 Å². The maximum atomic E-state index is 12.8. The second kappa shape index (κ2) is 21.1. The zero-order valence-corrected chi connectivity index (χ0v) is 26.6. The quantitative estimate of drug-likeness (QED) is 0.0544. The lowest BCUT2D eigenvalue weighted by molar-refractivity contribution is -0.790. The highest BCUT2D eigenvalue weighted by Gasteiger charge is 2.40. The van der Waals surface area contributed by atoms with Crippen molar-refractivity contribution in [2.75, 3.05) is 6.61 Å². The summed E-state index contributed by atoms with van der Waals surface area (Å²) in [5.74, 6) is -1.10. The first kappa shape index (κ1) is 38.4. The molecule has 2 N–H and O–H groups in total. The molecule has 0 saturated heterocycles. The van der Waals surface area contributed by atoms with Gasteiger partial charge in [0.25, 0.3) is 10.2 Å². The van der Waals surface area contributed by atoms with Crippen LogP contribution in [0.2, 0.25) is 0 Å².